The third kappa shape index (κ3) is 4.56. The van der Waals surface area contributed by atoms with Gasteiger partial charge in [-0.25, -0.2) is 0 Å². The van der Waals surface area contributed by atoms with Gasteiger partial charge < -0.3 is 4.74 Å². The van der Waals surface area contributed by atoms with Gasteiger partial charge in [0.1, 0.15) is 6.10 Å². The zero-order valence-electron chi connectivity index (χ0n) is 21.6. The predicted molar refractivity (Wildman–Crippen MR) is 140 cm³/mol. The van der Waals surface area contributed by atoms with Crippen LogP contribution in [0, 0.1) is 28.6 Å². The summed E-state index contributed by atoms with van der Waals surface area (Å²) >= 11 is 0. The van der Waals surface area contributed by atoms with Gasteiger partial charge in [-0.3, -0.25) is 9.59 Å². The smallest absolute Gasteiger partial charge is 0.308 e. The van der Waals surface area contributed by atoms with Gasteiger partial charge in [-0.2, -0.15) is 0 Å². The quantitative estimate of drug-likeness (QED) is 0.302. The second-order valence-electron chi connectivity index (χ2n) is 12.3. The lowest BCUT2D eigenvalue weighted by atomic mass is 9.44. The molecule has 5 aliphatic rings. The summed E-state index contributed by atoms with van der Waals surface area (Å²) in [5, 5.41) is 0. The Morgan fingerprint density at radius 3 is 2.71 bits per heavy atom. The van der Waals surface area contributed by atoms with Gasteiger partial charge in [-0.1, -0.05) is 75.2 Å². The number of ketones is 1. The molecule has 0 unspecified atom stereocenters. The number of hydrogen-bond donors (Lipinski definition) is 0. The molecule has 0 amide bonds. The normalized spacial score (nSPS) is 37.1. The summed E-state index contributed by atoms with van der Waals surface area (Å²) in [4.78, 5) is 26.2. The van der Waals surface area contributed by atoms with Gasteiger partial charge in [-0.15, -0.1) is 0 Å². The van der Waals surface area contributed by atoms with Crippen molar-refractivity contribution in [3.8, 4) is 0 Å². The van der Waals surface area contributed by atoms with E-state index in [-0.39, 0.29) is 34.6 Å². The standard InChI is InChI=1S/C32H42O3/c1-22(30(34)35-27-14-8-7-13-26(27)24-11-5-4-6-12-24)10-9-17-31(3)28-20-25-15-18-32(28,21-23(25)2)19-16-29(31)33/h4-6,11-12,16,19,22,25-28H,2,7-10,13-15,17-18,20-21H2,1,3H3/t22-,25+,26+,27-,28+,31+,32-/m1/s1. The van der Waals surface area contributed by atoms with Crippen LogP contribution < -0.4 is 0 Å². The lowest BCUT2D eigenvalue weighted by Gasteiger charge is -2.59. The van der Waals surface area contributed by atoms with Gasteiger partial charge in [0, 0.05) is 11.3 Å². The fraction of sp³-hybridized carbons (Fsp3) is 0.625. The fourth-order valence-electron chi connectivity index (χ4n) is 7.94. The number of carbonyl (C=O) groups is 2. The molecule has 3 heteroatoms. The molecule has 0 saturated heterocycles. The predicted octanol–water partition coefficient (Wildman–Crippen LogP) is 7.57. The van der Waals surface area contributed by atoms with Gasteiger partial charge >= 0.3 is 5.97 Å². The van der Waals surface area contributed by atoms with E-state index >= 15 is 0 Å². The largest absolute Gasteiger partial charge is 0.462 e. The van der Waals surface area contributed by atoms with Crippen LogP contribution in [0.25, 0.3) is 0 Å². The molecule has 5 aliphatic carbocycles. The first kappa shape index (κ1) is 24.5. The Labute approximate surface area is 211 Å². The number of rotatable bonds is 7. The Kier molecular flexibility index (Phi) is 6.81. The molecule has 1 spiro atoms. The Balaban J connectivity index is 1.18. The number of ether oxygens (including phenoxy) is 1. The molecule has 0 N–H and O–H groups in total. The number of hydrogen-bond acceptors (Lipinski definition) is 3. The van der Waals surface area contributed by atoms with Gasteiger partial charge in [0.15, 0.2) is 5.78 Å². The molecule has 0 heterocycles. The van der Waals surface area contributed by atoms with Crippen LogP contribution in [0.15, 0.2) is 54.6 Å². The molecule has 4 fully saturated rings. The van der Waals surface area contributed by atoms with Crippen LogP contribution in [0.3, 0.4) is 0 Å². The third-order valence-electron chi connectivity index (χ3n) is 10.1. The molecule has 188 valence electrons. The molecule has 1 aromatic carbocycles. The number of fused-ring (bicyclic) bond motifs is 2. The minimum Gasteiger partial charge on any atom is -0.462 e. The average Bonchev–Trinajstić information content (AvgIpc) is 2.87. The van der Waals surface area contributed by atoms with Crippen molar-refractivity contribution in [1.82, 2.24) is 0 Å². The van der Waals surface area contributed by atoms with Crippen LogP contribution in [0.1, 0.15) is 96.0 Å². The van der Waals surface area contributed by atoms with E-state index in [1.54, 1.807) is 0 Å². The minimum absolute atomic E-state index is 0.0191. The highest BCUT2D eigenvalue weighted by Crippen LogP contribution is 2.64. The van der Waals surface area contributed by atoms with E-state index in [0.717, 1.165) is 51.4 Å². The van der Waals surface area contributed by atoms with Crippen molar-refractivity contribution in [2.45, 2.75) is 96.5 Å². The average molecular weight is 475 g/mol. The highest BCUT2D eigenvalue weighted by Gasteiger charge is 2.58. The summed E-state index contributed by atoms with van der Waals surface area (Å²) in [6.07, 6.45) is 15.5. The summed E-state index contributed by atoms with van der Waals surface area (Å²) in [6.45, 7) is 8.56. The zero-order valence-corrected chi connectivity index (χ0v) is 21.6. The van der Waals surface area contributed by atoms with Crippen molar-refractivity contribution in [2.75, 3.05) is 0 Å². The number of carbonyl (C=O) groups excluding carboxylic acids is 2. The summed E-state index contributed by atoms with van der Waals surface area (Å²) < 4.78 is 6.12. The Morgan fingerprint density at radius 1 is 1.17 bits per heavy atom. The van der Waals surface area contributed by atoms with Crippen LogP contribution in [0.5, 0.6) is 0 Å². The van der Waals surface area contributed by atoms with Crippen molar-refractivity contribution in [1.29, 1.82) is 0 Å². The van der Waals surface area contributed by atoms with Crippen molar-refractivity contribution in [3.63, 3.8) is 0 Å². The summed E-state index contributed by atoms with van der Waals surface area (Å²) in [5.74, 6) is 1.38. The lowest BCUT2D eigenvalue weighted by molar-refractivity contribution is -0.156. The minimum atomic E-state index is -0.320. The molecule has 0 radical (unpaired) electrons. The van der Waals surface area contributed by atoms with Crippen LogP contribution >= 0.6 is 0 Å². The highest BCUT2D eigenvalue weighted by molar-refractivity contribution is 5.96. The lowest BCUT2D eigenvalue weighted by Crippen LogP contribution is -2.53. The molecule has 4 saturated carbocycles. The van der Waals surface area contributed by atoms with Crippen LogP contribution in [-0.4, -0.2) is 17.9 Å². The number of benzene rings is 1. The van der Waals surface area contributed by atoms with E-state index in [0.29, 0.717) is 17.8 Å². The van der Waals surface area contributed by atoms with E-state index in [1.807, 2.05) is 19.1 Å². The summed E-state index contributed by atoms with van der Waals surface area (Å²) in [7, 11) is 0. The summed E-state index contributed by atoms with van der Waals surface area (Å²) in [5.41, 5.74) is 2.49. The molecule has 7 atom stereocenters. The van der Waals surface area contributed by atoms with E-state index in [2.05, 4.69) is 43.8 Å². The molecule has 1 aromatic rings. The fourth-order valence-corrected chi connectivity index (χ4v) is 7.94. The first-order chi connectivity index (χ1) is 16.8. The van der Waals surface area contributed by atoms with Crippen LogP contribution in [0.4, 0.5) is 0 Å². The molecule has 2 bridgehead atoms. The molecule has 0 aromatic heterocycles. The van der Waals surface area contributed by atoms with Crippen LogP contribution in [0.2, 0.25) is 0 Å². The maximum Gasteiger partial charge on any atom is 0.308 e. The highest BCUT2D eigenvalue weighted by atomic mass is 16.5. The molecule has 6 rings (SSSR count). The molecular weight excluding hydrogens is 432 g/mol. The molecule has 3 nitrogen and oxygen atoms in total. The van der Waals surface area contributed by atoms with Crippen molar-refractivity contribution in [2.24, 2.45) is 28.6 Å². The third-order valence-corrected chi connectivity index (χ3v) is 10.1. The first-order valence-corrected chi connectivity index (χ1v) is 14.0. The number of allylic oxidation sites excluding steroid dienone is 3. The van der Waals surface area contributed by atoms with E-state index in [4.69, 9.17) is 4.74 Å². The second kappa shape index (κ2) is 9.71. The van der Waals surface area contributed by atoms with Crippen molar-refractivity contribution in [3.05, 3.63) is 60.2 Å². The van der Waals surface area contributed by atoms with Crippen molar-refractivity contribution >= 4 is 11.8 Å². The van der Waals surface area contributed by atoms with Gasteiger partial charge in [0.25, 0.3) is 0 Å². The molecule has 35 heavy (non-hydrogen) atoms. The monoisotopic (exact) mass is 474 g/mol. The van der Waals surface area contributed by atoms with Gasteiger partial charge in [0.2, 0.25) is 0 Å². The maximum absolute atomic E-state index is 13.2. The van der Waals surface area contributed by atoms with Gasteiger partial charge in [-0.05, 0) is 86.7 Å². The van der Waals surface area contributed by atoms with Crippen molar-refractivity contribution < 1.29 is 14.3 Å². The topological polar surface area (TPSA) is 43.4 Å². The summed E-state index contributed by atoms with van der Waals surface area (Å²) in [6, 6.07) is 10.5. The maximum atomic E-state index is 13.2. The molecule has 0 aliphatic heterocycles. The van der Waals surface area contributed by atoms with Crippen LogP contribution in [-0.2, 0) is 14.3 Å². The number of esters is 1. The zero-order chi connectivity index (χ0) is 24.6. The Morgan fingerprint density at radius 2 is 1.94 bits per heavy atom. The van der Waals surface area contributed by atoms with E-state index in [1.165, 1.54) is 30.4 Å². The first-order valence-electron chi connectivity index (χ1n) is 14.0. The molecular formula is C32H42O3. The van der Waals surface area contributed by atoms with Gasteiger partial charge in [0.05, 0.1) is 5.92 Å². The van der Waals surface area contributed by atoms with E-state index < -0.39 is 0 Å². The SMILES string of the molecule is C=C1C[C@@]23C=CC(=O)[C@@](C)(CCC[C@@H](C)C(=O)O[C@@H]4CCCC[C@H]4c4ccccc4)[C@@H]2C[C@@H]1CC3. The Bertz CT molecular complexity index is 993. The Hall–Kier alpha value is -2.16. The van der Waals surface area contributed by atoms with E-state index in [9.17, 15) is 9.59 Å². The second-order valence-corrected chi connectivity index (χ2v) is 12.3.